The standard InChI is InChI=1S/C26H25FN8O/c27-20-4-1-3-17(11-20)14-35-22-7-6-21(12-19(22)13-30-35)32-26-24-18(8-10-34(24)31-16-29-26)15-33-9-2-5-23(33)25(28)36/h1,3-4,6-8,10-13,16,23H,2,5,9,14-15H2,(H2,28,36)(H,29,31,32)/t23-/m0/s1. The van der Waals surface area contributed by atoms with Gasteiger partial charge in [-0.2, -0.15) is 10.2 Å². The van der Waals surface area contributed by atoms with Crippen LogP contribution in [0.5, 0.6) is 0 Å². The van der Waals surface area contributed by atoms with E-state index in [1.165, 1.54) is 18.5 Å². The number of benzene rings is 2. The van der Waals surface area contributed by atoms with Crippen LogP contribution in [-0.2, 0) is 17.9 Å². The molecule has 5 aromatic rings. The van der Waals surface area contributed by atoms with Crippen molar-refractivity contribution in [2.45, 2.75) is 32.0 Å². The molecular weight excluding hydrogens is 459 g/mol. The van der Waals surface area contributed by atoms with Gasteiger partial charge in [-0.25, -0.2) is 13.9 Å². The molecule has 1 aliphatic heterocycles. The third-order valence-corrected chi connectivity index (χ3v) is 6.73. The summed E-state index contributed by atoms with van der Waals surface area (Å²) in [5.41, 5.74) is 10.2. The molecule has 0 aliphatic carbocycles. The first-order valence-corrected chi connectivity index (χ1v) is 11.9. The third kappa shape index (κ3) is 4.16. The Labute approximate surface area is 206 Å². The normalized spacial score (nSPS) is 16.2. The van der Waals surface area contributed by atoms with Gasteiger partial charge in [-0.3, -0.25) is 14.4 Å². The molecule has 3 aromatic heterocycles. The Morgan fingerprint density at radius 3 is 2.92 bits per heavy atom. The number of nitrogens with two attached hydrogens (primary N) is 1. The monoisotopic (exact) mass is 484 g/mol. The number of halogens is 1. The first kappa shape index (κ1) is 22.2. The summed E-state index contributed by atoms with van der Waals surface area (Å²) in [6, 6.07) is 14.3. The molecule has 4 heterocycles. The molecule has 182 valence electrons. The molecule has 0 radical (unpaired) electrons. The van der Waals surface area contributed by atoms with Gasteiger partial charge in [-0.05, 0) is 66.9 Å². The molecule has 1 aliphatic rings. The highest BCUT2D eigenvalue weighted by atomic mass is 19.1. The Morgan fingerprint density at radius 2 is 2.06 bits per heavy atom. The van der Waals surface area contributed by atoms with Crippen LogP contribution >= 0.6 is 0 Å². The zero-order valence-corrected chi connectivity index (χ0v) is 19.5. The van der Waals surface area contributed by atoms with Gasteiger partial charge in [-0.1, -0.05) is 12.1 Å². The summed E-state index contributed by atoms with van der Waals surface area (Å²) in [5, 5.41) is 13.2. The number of rotatable bonds is 7. The summed E-state index contributed by atoms with van der Waals surface area (Å²) >= 11 is 0. The third-order valence-electron chi connectivity index (χ3n) is 6.73. The van der Waals surface area contributed by atoms with E-state index < -0.39 is 0 Å². The smallest absolute Gasteiger partial charge is 0.234 e. The van der Waals surface area contributed by atoms with E-state index in [9.17, 15) is 9.18 Å². The predicted molar refractivity (Wildman–Crippen MR) is 134 cm³/mol. The number of fused-ring (bicyclic) bond motifs is 2. The summed E-state index contributed by atoms with van der Waals surface area (Å²) in [6.07, 6.45) is 6.95. The summed E-state index contributed by atoms with van der Waals surface area (Å²) in [6.45, 7) is 1.91. The second kappa shape index (κ2) is 9.04. The van der Waals surface area contributed by atoms with Gasteiger partial charge >= 0.3 is 0 Å². The van der Waals surface area contributed by atoms with Crippen molar-refractivity contribution in [3.63, 3.8) is 0 Å². The van der Waals surface area contributed by atoms with Crippen molar-refractivity contribution in [3.8, 4) is 0 Å². The number of likely N-dealkylation sites (tertiary alicyclic amines) is 1. The van der Waals surface area contributed by atoms with Crippen molar-refractivity contribution in [1.29, 1.82) is 0 Å². The summed E-state index contributed by atoms with van der Waals surface area (Å²) in [7, 11) is 0. The molecule has 9 nitrogen and oxygen atoms in total. The fourth-order valence-electron chi connectivity index (χ4n) is 5.03. The Hall–Kier alpha value is -4.31. The van der Waals surface area contributed by atoms with E-state index in [0.29, 0.717) is 18.9 Å². The van der Waals surface area contributed by atoms with Crippen LogP contribution in [0, 0.1) is 5.82 Å². The quantitative estimate of drug-likeness (QED) is 0.367. The molecule has 0 unspecified atom stereocenters. The van der Waals surface area contributed by atoms with Gasteiger partial charge in [0, 0.05) is 23.8 Å². The van der Waals surface area contributed by atoms with Gasteiger partial charge in [-0.15, -0.1) is 0 Å². The molecule has 0 saturated carbocycles. The van der Waals surface area contributed by atoms with E-state index in [0.717, 1.165) is 52.6 Å². The highest BCUT2D eigenvalue weighted by Crippen LogP contribution is 2.28. The van der Waals surface area contributed by atoms with Gasteiger partial charge in [0.05, 0.1) is 24.3 Å². The SMILES string of the molecule is NC(=O)[C@@H]1CCCN1Cc1ccn2ncnc(Nc3ccc4c(cnn4Cc4cccc(F)c4)c3)c12. The van der Waals surface area contributed by atoms with Crippen LogP contribution in [0.2, 0.25) is 0 Å². The lowest BCUT2D eigenvalue weighted by Gasteiger charge is -2.21. The van der Waals surface area contributed by atoms with Crippen molar-refractivity contribution >= 4 is 33.8 Å². The van der Waals surface area contributed by atoms with Crippen LogP contribution in [-0.4, -0.2) is 47.8 Å². The van der Waals surface area contributed by atoms with Crippen LogP contribution in [0.4, 0.5) is 15.9 Å². The molecule has 2 aromatic carbocycles. The van der Waals surface area contributed by atoms with Crippen molar-refractivity contribution in [2.75, 3.05) is 11.9 Å². The molecule has 1 amide bonds. The topological polar surface area (TPSA) is 106 Å². The Bertz CT molecular complexity index is 1580. The lowest BCUT2D eigenvalue weighted by atomic mass is 10.2. The van der Waals surface area contributed by atoms with Crippen LogP contribution in [0.25, 0.3) is 16.4 Å². The van der Waals surface area contributed by atoms with Gasteiger partial charge in [0.25, 0.3) is 0 Å². The number of anilines is 2. The molecule has 6 rings (SSSR count). The lowest BCUT2D eigenvalue weighted by Crippen LogP contribution is -2.39. The van der Waals surface area contributed by atoms with Crippen LogP contribution in [0.15, 0.2) is 67.3 Å². The molecule has 1 saturated heterocycles. The molecule has 1 fully saturated rings. The van der Waals surface area contributed by atoms with E-state index in [1.54, 1.807) is 16.8 Å². The average molecular weight is 485 g/mol. The van der Waals surface area contributed by atoms with Crippen molar-refractivity contribution < 1.29 is 9.18 Å². The minimum Gasteiger partial charge on any atom is -0.368 e. The zero-order chi connectivity index (χ0) is 24.6. The molecule has 0 bridgehead atoms. The minimum atomic E-state index is -0.281. The highest BCUT2D eigenvalue weighted by Gasteiger charge is 2.29. The van der Waals surface area contributed by atoms with Crippen LogP contribution < -0.4 is 11.1 Å². The van der Waals surface area contributed by atoms with Crippen molar-refractivity contribution in [2.24, 2.45) is 5.73 Å². The number of hydrogen-bond donors (Lipinski definition) is 2. The van der Waals surface area contributed by atoms with E-state index in [2.05, 4.69) is 25.4 Å². The average Bonchev–Trinajstić information content (AvgIpc) is 3.59. The van der Waals surface area contributed by atoms with E-state index >= 15 is 0 Å². The Kier molecular flexibility index (Phi) is 5.57. The molecule has 36 heavy (non-hydrogen) atoms. The van der Waals surface area contributed by atoms with E-state index in [1.807, 2.05) is 41.2 Å². The van der Waals surface area contributed by atoms with E-state index in [4.69, 9.17) is 5.73 Å². The summed E-state index contributed by atoms with van der Waals surface area (Å²) < 4.78 is 17.2. The fourth-order valence-corrected chi connectivity index (χ4v) is 5.03. The number of carbonyl (C=O) groups is 1. The lowest BCUT2D eigenvalue weighted by molar-refractivity contribution is -0.122. The maximum absolute atomic E-state index is 13.6. The first-order valence-electron chi connectivity index (χ1n) is 11.9. The number of carbonyl (C=O) groups excluding carboxylic acids is 1. The Morgan fingerprint density at radius 1 is 1.14 bits per heavy atom. The van der Waals surface area contributed by atoms with Crippen molar-refractivity contribution in [3.05, 3.63) is 84.2 Å². The van der Waals surface area contributed by atoms with Gasteiger partial charge in [0.1, 0.15) is 17.7 Å². The maximum Gasteiger partial charge on any atom is 0.234 e. The highest BCUT2D eigenvalue weighted by molar-refractivity contribution is 5.85. The number of nitrogens with one attached hydrogen (secondary N) is 1. The predicted octanol–water partition coefficient (Wildman–Crippen LogP) is 3.46. The zero-order valence-electron chi connectivity index (χ0n) is 19.5. The van der Waals surface area contributed by atoms with Gasteiger partial charge in [0.15, 0.2) is 5.82 Å². The first-order chi connectivity index (χ1) is 17.5. The van der Waals surface area contributed by atoms with Crippen molar-refractivity contribution in [1.82, 2.24) is 29.3 Å². The number of aromatic nitrogens is 5. The largest absolute Gasteiger partial charge is 0.368 e. The molecule has 10 heteroatoms. The second-order valence-corrected chi connectivity index (χ2v) is 9.10. The molecule has 0 spiro atoms. The number of nitrogens with zero attached hydrogens (tertiary/aromatic N) is 6. The van der Waals surface area contributed by atoms with Gasteiger partial charge in [0.2, 0.25) is 5.91 Å². The Balaban J connectivity index is 1.27. The van der Waals surface area contributed by atoms with Crippen LogP contribution in [0.1, 0.15) is 24.0 Å². The van der Waals surface area contributed by atoms with Crippen LogP contribution in [0.3, 0.4) is 0 Å². The summed E-state index contributed by atoms with van der Waals surface area (Å²) in [5.74, 6) is 0.134. The number of amides is 1. The fraction of sp³-hybridized carbons (Fsp3) is 0.231. The van der Waals surface area contributed by atoms with E-state index in [-0.39, 0.29) is 17.8 Å². The second-order valence-electron chi connectivity index (χ2n) is 9.10. The number of hydrogen-bond acceptors (Lipinski definition) is 6. The number of primary amides is 1. The van der Waals surface area contributed by atoms with Gasteiger partial charge < -0.3 is 11.1 Å². The molecular formula is C26H25FN8O. The summed E-state index contributed by atoms with van der Waals surface area (Å²) in [4.78, 5) is 18.5. The molecule has 3 N–H and O–H groups in total. The molecule has 1 atom stereocenters. The maximum atomic E-state index is 13.6. The minimum absolute atomic E-state index is 0.243.